The Morgan fingerprint density at radius 2 is 1.96 bits per heavy atom. The molecule has 0 saturated carbocycles. The molecule has 1 atom stereocenters. The highest BCUT2D eigenvalue weighted by molar-refractivity contribution is 5.90. The summed E-state index contributed by atoms with van der Waals surface area (Å²) in [7, 11) is 0. The summed E-state index contributed by atoms with van der Waals surface area (Å²) in [6.07, 6.45) is -1.17. The molecule has 1 saturated heterocycles. The average Bonchev–Trinajstić information content (AvgIpc) is 2.94. The third-order valence-electron chi connectivity index (χ3n) is 3.55. The molecule has 0 radical (unpaired) electrons. The van der Waals surface area contributed by atoms with Crippen molar-refractivity contribution in [3.63, 3.8) is 0 Å². The molecule has 1 amide bonds. The second kappa shape index (κ2) is 6.57. The molecule has 7 heteroatoms. The lowest BCUT2D eigenvalue weighted by Gasteiger charge is -2.13. The molecule has 1 aliphatic heterocycles. The van der Waals surface area contributed by atoms with Crippen LogP contribution in [0.15, 0.2) is 48.5 Å². The van der Waals surface area contributed by atoms with Gasteiger partial charge in [0.05, 0.1) is 17.8 Å². The summed E-state index contributed by atoms with van der Waals surface area (Å²) in [5.74, 6) is -1.06. The van der Waals surface area contributed by atoms with Crippen LogP contribution in [0.2, 0.25) is 0 Å². The van der Waals surface area contributed by atoms with E-state index >= 15 is 0 Å². The zero-order chi connectivity index (χ0) is 17.1. The first-order chi connectivity index (χ1) is 11.5. The van der Waals surface area contributed by atoms with Crippen LogP contribution in [0.25, 0.3) is 0 Å². The standard InChI is InChI=1S/C17H14FNO5/c18-14-3-1-2-4-15(14)19-9-13(24-17(19)22)10-23-12-7-5-11(6-8-12)16(20)21/h1-8,13H,9-10H2,(H,20,21). The number of carbonyl (C=O) groups excluding carboxylic acids is 1. The Balaban J connectivity index is 1.60. The first-order valence-electron chi connectivity index (χ1n) is 7.23. The van der Waals surface area contributed by atoms with Gasteiger partial charge in [-0.1, -0.05) is 12.1 Å². The minimum absolute atomic E-state index is 0.0864. The largest absolute Gasteiger partial charge is 0.490 e. The van der Waals surface area contributed by atoms with Crippen molar-refractivity contribution >= 4 is 17.7 Å². The van der Waals surface area contributed by atoms with E-state index < -0.39 is 24.0 Å². The van der Waals surface area contributed by atoms with Gasteiger partial charge in [0.15, 0.2) is 6.10 Å². The molecule has 1 unspecified atom stereocenters. The highest BCUT2D eigenvalue weighted by Crippen LogP contribution is 2.24. The van der Waals surface area contributed by atoms with Crippen LogP contribution in [0, 0.1) is 5.82 Å². The Bertz CT molecular complexity index is 762. The van der Waals surface area contributed by atoms with Crippen molar-refractivity contribution in [3.8, 4) is 5.75 Å². The fourth-order valence-electron chi connectivity index (χ4n) is 2.36. The van der Waals surface area contributed by atoms with Crippen molar-refractivity contribution in [1.29, 1.82) is 0 Å². The lowest BCUT2D eigenvalue weighted by molar-refractivity contribution is 0.0696. The molecular formula is C17H14FNO5. The average molecular weight is 331 g/mol. The molecule has 0 bridgehead atoms. The van der Waals surface area contributed by atoms with Crippen LogP contribution in [-0.2, 0) is 4.74 Å². The van der Waals surface area contributed by atoms with E-state index in [0.29, 0.717) is 5.75 Å². The van der Waals surface area contributed by atoms with Crippen LogP contribution in [0.1, 0.15) is 10.4 Å². The van der Waals surface area contributed by atoms with Gasteiger partial charge >= 0.3 is 12.1 Å². The highest BCUT2D eigenvalue weighted by Gasteiger charge is 2.34. The summed E-state index contributed by atoms with van der Waals surface area (Å²) in [4.78, 5) is 23.9. The van der Waals surface area contributed by atoms with Crippen molar-refractivity contribution in [2.75, 3.05) is 18.1 Å². The predicted octanol–water partition coefficient (Wildman–Crippen LogP) is 2.93. The molecule has 2 aromatic rings. The molecule has 1 N–H and O–H groups in total. The van der Waals surface area contributed by atoms with Crippen LogP contribution in [0.5, 0.6) is 5.75 Å². The molecule has 0 aliphatic carbocycles. The van der Waals surface area contributed by atoms with E-state index in [1.54, 1.807) is 12.1 Å². The Morgan fingerprint density at radius 3 is 2.62 bits per heavy atom. The number of halogens is 1. The summed E-state index contributed by atoms with van der Waals surface area (Å²) in [6, 6.07) is 11.8. The lowest BCUT2D eigenvalue weighted by atomic mass is 10.2. The quantitative estimate of drug-likeness (QED) is 0.911. The van der Waals surface area contributed by atoms with E-state index in [4.69, 9.17) is 14.6 Å². The van der Waals surface area contributed by atoms with Crippen LogP contribution < -0.4 is 9.64 Å². The maximum atomic E-state index is 13.8. The lowest BCUT2D eigenvalue weighted by Crippen LogP contribution is -2.27. The molecule has 1 fully saturated rings. The molecule has 1 aliphatic rings. The van der Waals surface area contributed by atoms with Gasteiger partial charge < -0.3 is 14.6 Å². The second-order valence-electron chi connectivity index (χ2n) is 5.21. The maximum absolute atomic E-state index is 13.8. The van der Waals surface area contributed by atoms with Gasteiger partial charge in [0.2, 0.25) is 0 Å². The smallest absolute Gasteiger partial charge is 0.414 e. The number of hydrogen-bond donors (Lipinski definition) is 1. The number of ether oxygens (including phenoxy) is 2. The fourth-order valence-corrected chi connectivity index (χ4v) is 2.36. The first kappa shape index (κ1) is 15.8. The zero-order valence-electron chi connectivity index (χ0n) is 12.5. The summed E-state index contributed by atoms with van der Waals surface area (Å²) in [5.41, 5.74) is 0.316. The zero-order valence-corrected chi connectivity index (χ0v) is 12.5. The minimum atomic E-state index is -1.02. The predicted molar refractivity (Wildman–Crippen MR) is 82.9 cm³/mol. The minimum Gasteiger partial charge on any atom is -0.490 e. The Hall–Kier alpha value is -3.09. The molecule has 2 aromatic carbocycles. The third-order valence-corrected chi connectivity index (χ3v) is 3.55. The topological polar surface area (TPSA) is 76.1 Å². The number of aromatic carboxylic acids is 1. The van der Waals surface area contributed by atoms with Gasteiger partial charge in [0.25, 0.3) is 0 Å². The van der Waals surface area contributed by atoms with E-state index in [-0.39, 0.29) is 24.4 Å². The second-order valence-corrected chi connectivity index (χ2v) is 5.21. The maximum Gasteiger partial charge on any atom is 0.414 e. The number of benzene rings is 2. The van der Waals surface area contributed by atoms with Crippen molar-refractivity contribution in [1.82, 2.24) is 0 Å². The van der Waals surface area contributed by atoms with Gasteiger partial charge in [0, 0.05) is 0 Å². The number of hydrogen-bond acceptors (Lipinski definition) is 4. The molecule has 6 nitrogen and oxygen atoms in total. The first-order valence-corrected chi connectivity index (χ1v) is 7.23. The van der Waals surface area contributed by atoms with Crippen molar-refractivity contribution in [2.24, 2.45) is 0 Å². The van der Waals surface area contributed by atoms with E-state index in [1.807, 2.05) is 0 Å². The number of carboxylic acid groups (broad SMARTS) is 1. The van der Waals surface area contributed by atoms with Crippen LogP contribution in [0.4, 0.5) is 14.9 Å². The number of rotatable bonds is 5. The Morgan fingerprint density at radius 1 is 1.25 bits per heavy atom. The summed E-state index contributed by atoms with van der Waals surface area (Å²) in [6.45, 7) is 0.260. The number of amides is 1. The van der Waals surface area contributed by atoms with Gasteiger partial charge in [-0.25, -0.2) is 14.0 Å². The molecular weight excluding hydrogens is 317 g/mol. The van der Waals surface area contributed by atoms with Crippen LogP contribution in [0.3, 0.4) is 0 Å². The fraction of sp³-hybridized carbons (Fsp3) is 0.176. The number of carboxylic acids is 1. The van der Waals surface area contributed by atoms with E-state index in [0.717, 1.165) is 0 Å². The van der Waals surface area contributed by atoms with Crippen molar-refractivity contribution in [2.45, 2.75) is 6.10 Å². The van der Waals surface area contributed by atoms with Gasteiger partial charge in [-0.2, -0.15) is 0 Å². The van der Waals surface area contributed by atoms with Gasteiger partial charge in [-0.05, 0) is 36.4 Å². The molecule has 3 rings (SSSR count). The molecule has 24 heavy (non-hydrogen) atoms. The molecule has 0 spiro atoms. The Labute approximate surface area is 137 Å². The van der Waals surface area contributed by atoms with Gasteiger partial charge in [0.1, 0.15) is 18.2 Å². The molecule has 0 aromatic heterocycles. The number of carbonyl (C=O) groups is 2. The summed E-state index contributed by atoms with van der Waals surface area (Å²) in [5, 5.41) is 8.83. The monoisotopic (exact) mass is 331 g/mol. The van der Waals surface area contributed by atoms with E-state index in [9.17, 15) is 14.0 Å². The van der Waals surface area contributed by atoms with Crippen LogP contribution >= 0.6 is 0 Å². The van der Waals surface area contributed by atoms with E-state index in [2.05, 4.69) is 0 Å². The normalized spacial score (nSPS) is 16.8. The van der Waals surface area contributed by atoms with Crippen molar-refractivity contribution in [3.05, 3.63) is 59.9 Å². The summed E-state index contributed by atoms with van der Waals surface area (Å²) < 4.78 is 24.4. The number of cyclic esters (lactones) is 1. The SMILES string of the molecule is O=C(O)c1ccc(OCC2CN(c3ccccc3F)C(=O)O2)cc1. The molecule has 1 heterocycles. The van der Waals surface area contributed by atoms with Crippen molar-refractivity contribution < 1.29 is 28.6 Å². The molecule has 124 valence electrons. The Kier molecular flexibility index (Phi) is 4.33. The third kappa shape index (κ3) is 3.29. The number of anilines is 1. The van der Waals surface area contributed by atoms with Gasteiger partial charge in [-0.3, -0.25) is 4.90 Å². The van der Waals surface area contributed by atoms with E-state index in [1.165, 1.54) is 41.3 Å². The summed E-state index contributed by atoms with van der Waals surface area (Å²) >= 11 is 0. The highest BCUT2D eigenvalue weighted by atomic mass is 19.1. The number of nitrogens with zero attached hydrogens (tertiary/aromatic N) is 1. The van der Waals surface area contributed by atoms with Gasteiger partial charge in [-0.15, -0.1) is 0 Å². The van der Waals surface area contributed by atoms with Crippen LogP contribution in [-0.4, -0.2) is 36.4 Å². The number of para-hydroxylation sites is 1.